The molecule has 0 saturated carbocycles. The largest absolute Gasteiger partial charge is 0.383 e. The molecule has 1 aliphatic rings. The van der Waals surface area contributed by atoms with Crippen LogP contribution in [0.15, 0.2) is 35.3 Å². The molecule has 3 rings (SSSR count). The average molecular weight is 569 g/mol. The lowest BCUT2D eigenvalue weighted by atomic mass is 10.0. The Morgan fingerprint density at radius 2 is 1.82 bits per heavy atom. The van der Waals surface area contributed by atoms with Gasteiger partial charge in [-0.3, -0.25) is 9.58 Å². The second kappa shape index (κ2) is 13.9. The summed E-state index contributed by atoms with van der Waals surface area (Å²) in [4.78, 5) is 10.0. The van der Waals surface area contributed by atoms with Gasteiger partial charge in [0, 0.05) is 57.1 Å². The number of halogens is 1. The highest BCUT2D eigenvalue weighted by molar-refractivity contribution is 14.0. The zero-order valence-electron chi connectivity index (χ0n) is 20.9. The van der Waals surface area contributed by atoms with Gasteiger partial charge in [-0.05, 0) is 32.8 Å². The molecule has 0 spiro atoms. The van der Waals surface area contributed by atoms with Gasteiger partial charge in [-0.15, -0.1) is 24.0 Å². The smallest absolute Gasteiger partial charge is 0.194 e. The summed E-state index contributed by atoms with van der Waals surface area (Å²) in [5.74, 6) is 1.00. The molecule has 33 heavy (non-hydrogen) atoms. The lowest BCUT2D eigenvalue weighted by Gasteiger charge is -2.40. The molecule has 2 aromatic rings. The average Bonchev–Trinajstić information content (AvgIpc) is 3.09. The number of rotatable bonds is 9. The lowest BCUT2D eigenvalue weighted by molar-refractivity contribution is 0.127. The first-order valence-corrected chi connectivity index (χ1v) is 11.9. The molecule has 1 N–H and O–H groups in total. The monoisotopic (exact) mass is 568 g/mol. The number of nitrogens with zero attached hydrogens (tertiary/aromatic N) is 5. The van der Waals surface area contributed by atoms with E-state index in [1.807, 2.05) is 4.68 Å². The number of ether oxygens (including phenoxy) is 1. The summed E-state index contributed by atoms with van der Waals surface area (Å²) >= 11 is 0. The van der Waals surface area contributed by atoms with Gasteiger partial charge in [0.05, 0.1) is 25.4 Å². The molecule has 0 aliphatic carbocycles. The summed E-state index contributed by atoms with van der Waals surface area (Å²) < 4.78 is 7.24. The highest BCUT2D eigenvalue weighted by atomic mass is 127. The molecule has 1 aromatic carbocycles. The van der Waals surface area contributed by atoms with Crippen molar-refractivity contribution in [2.45, 2.75) is 53.2 Å². The van der Waals surface area contributed by atoms with Gasteiger partial charge in [-0.25, -0.2) is 4.99 Å². The summed E-state index contributed by atoms with van der Waals surface area (Å²) in [6.45, 7) is 15.6. The molecular weight excluding hydrogens is 527 g/mol. The van der Waals surface area contributed by atoms with Crippen molar-refractivity contribution < 1.29 is 4.74 Å². The predicted molar refractivity (Wildman–Crippen MR) is 146 cm³/mol. The number of methoxy groups -OCH3 is 1. The molecule has 1 fully saturated rings. The maximum Gasteiger partial charge on any atom is 0.194 e. The molecule has 184 valence electrons. The number of nitrogens with one attached hydrogen (secondary N) is 1. The Morgan fingerprint density at radius 1 is 1.12 bits per heavy atom. The molecule has 2 heterocycles. The number of guanidine groups is 1. The number of aliphatic imine (C=N–C) groups is 1. The molecule has 0 amide bonds. The number of benzene rings is 1. The molecule has 1 aromatic heterocycles. The topological polar surface area (TPSA) is 57.9 Å². The fourth-order valence-corrected chi connectivity index (χ4v) is 4.56. The number of piperazine rings is 1. The van der Waals surface area contributed by atoms with Gasteiger partial charge in [0.15, 0.2) is 5.96 Å². The van der Waals surface area contributed by atoms with Crippen molar-refractivity contribution in [3.05, 3.63) is 52.8 Å². The summed E-state index contributed by atoms with van der Waals surface area (Å²) in [5, 5.41) is 8.18. The Morgan fingerprint density at radius 3 is 2.42 bits per heavy atom. The third-order valence-corrected chi connectivity index (χ3v) is 6.39. The number of hydrogen-bond donors (Lipinski definition) is 1. The van der Waals surface area contributed by atoms with Gasteiger partial charge >= 0.3 is 0 Å². The van der Waals surface area contributed by atoms with E-state index in [1.54, 1.807) is 7.11 Å². The van der Waals surface area contributed by atoms with E-state index in [1.165, 1.54) is 16.8 Å². The van der Waals surface area contributed by atoms with Gasteiger partial charge in [-0.1, -0.05) is 37.3 Å². The van der Waals surface area contributed by atoms with Crippen molar-refractivity contribution in [2.75, 3.05) is 46.4 Å². The third kappa shape index (κ3) is 7.16. The first kappa shape index (κ1) is 27.6. The van der Waals surface area contributed by atoms with Crippen LogP contribution in [0.25, 0.3) is 0 Å². The number of aromatic nitrogens is 2. The van der Waals surface area contributed by atoms with E-state index >= 15 is 0 Å². The minimum atomic E-state index is 0. The van der Waals surface area contributed by atoms with Crippen LogP contribution >= 0.6 is 24.0 Å². The van der Waals surface area contributed by atoms with Crippen LogP contribution in [0.1, 0.15) is 48.8 Å². The molecule has 7 nitrogen and oxygen atoms in total. The van der Waals surface area contributed by atoms with Crippen LogP contribution in [0, 0.1) is 13.8 Å². The fourth-order valence-electron chi connectivity index (χ4n) is 4.56. The highest BCUT2D eigenvalue weighted by Gasteiger charge is 2.25. The maximum absolute atomic E-state index is 5.21. The van der Waals surface area contributed by atoms with E-state index in [0.717, 1.165) is 57.3 Å². The third-order valence-electron chi connectivity index (χ3n) is 6.39. The van der Waals surface area contributed by atoms with Gasteiger partial charge in [-0.2, -0.15) is 5.10 Å². The Bertz CT molecular complexity index is 861. The van der Waals surface area contributed by atoms with Crippen LogP contribution in [-0.4, -0.2) is 72.0 Å². The minimum absolute atomic E-state index is 0. The van der Waals surface area contributed by atoms with E-state index < -0.39 is 0 Å². The summed E-state index contributed by atoms with van der Waals surface area (Å²) in [6.07, 6.45) is 1.13. The predicted octanol–water partition coefficient (Wildman–Crippen LogP) is 4.00. The summed E-state index contributed by atoms with van der Waals surface area (Å²) in [6, 6.07) is 11.4. The van der Waals surface area contributed by atoms with Crippen molar-refractivity contribution >= 4 is 29.9 Å². The van der Waals surface area contributed by atoms with Crippen molar-refractivity contribution in [1.29, 1.82) is 0 Å². The van der Waals surface area contributed by atoms with Crippen LogP contribution in [0.4, 0.5) is 0 Å². The van der Waals surface area contributed by atoms with Gasteiger partial charge in [0.1, 0.15) is 0 Å². The molecule has 0 radical (unpaired) electrons. The summed E-state index contributed by atoms with van der Waals surface area (Å²) in [7, 11) is 1.72. The second-order valence-corrected chi connectivity index (χ2v) is 8.39. The van der Waals surface area contributed by atoms with E-state index in [2.05, 4.69) is 78.2 Å². The van der Waals surface area contributed by atoms with Crippen LogP contribution in [-0.2, 0) is 17.8 Å². The molecule has 1 atom stereocenters. The lowest BCUT2D eigenvalue weighted by Crippen LogP contribution is -2.53. The van der Waals surface area contributed by atoms with Gasteiger partial charge in [0.25, 0.3) is 0 Å². The van der Waals surface area contributed by atoms with E-state index in [-0.39, 0.29) is 24.0 Å². The van der Waals surface area contributed by atoms with E-state index in [4.69, 9.17) is 9.73 Å². The first-order valence-electron chi connectivity index (χ1n) is 11.9. The maximum atomic E-state index is 5.21. The molecule has 1 aliphatic heterocycles. The van der Waals surface area contributed by atoms with Crippen LogP contribution in [0.5, 0.6) is 0 Å². The Kier molecular flexibility index (Phi) is 11.6. The summed E-state index contributed by atoms with van der Waals surface area (Å²) in [5.41, 5.74) is 4.86. The van der Waals surface area contributed by atoms with Gasteiger partial charge < -0.3 is 15.0 Å². The SMILES string of the molecule is CCNC(=NCc1c(C)nn(CCOC)c1C)N1CCN(C(CC)c2ccccc2)CC1.I. The first-order chi connectivity index (χ1) is 15.6. The Hall–Kier alpha value is -1.65. The molecule has 1 unspecified atom stereocenters. The zero-order chi connectivity index (χ0) is 22.9. The Labute approximate surface area is 216 Å². The van der Waals surface area contributed by atoms with Crippen LogP contribution < -0.4 is 5.32 Å². The van der Waals surface area contributed by atoms with Gasteiger partial charge in [0.2, 0.25) is 0 Å². The van der Waals surface area contributed by atoms with Crippen LogP contribution in [0.2, 0.25) is 0 Å². The number of aryl methyl sites for hydroxylation is 1. The van der Waals surface area contributed by atoms with Crippen molar-refractivity contribution in [3.8, 4) is 0 Å². The zero-order valence-corrected chi connectivity index (χ0v) is 23.2. The standard InChI is InChI=1S/C25H40N6O.HI/c1-6-24(22-11-9-8-10-12-22)29-13-15-30(16-14-29)25(26-7-2)27-19-23-20(3)28-31(21(23)4)17-18-32-5;/h8-12,24H,6-7,13-19H2,1-5H3,(H,26,27);1H. The second-order valence-electron chi connectivity index (χ2n) is 8.39. The quantitative estimate of drug-likeness (QED) is 0.282. The number of hydrogen-bond acceptors (Lipinski definition) is 4. The van der Waals surface area contributed by atoms with Crippen molar-refractivity contribution in [2.24, 2.45) is 4.99 Å². The molecule has 1 saturated heterocycles. The van der Waals surface area contributed by atoms with E-state index in [9.17, 15) is 0 Å². The molecule has 0 bridgehead atoms. The van der Waals surface area contributed by atoms with E-state index in [0.29, 0.717) is 19.2 Å². The van der Waals surface area contributed by atoms with Crippen molar-refractivity contribution in [3.63, 3.8) is 0 Å². The minimum Gasteiger partial charge on any atom is -0.383 e. The normalized spacial score (nSPS) is 15.9. The van der Waals surface area contributed by atoms with Crippen molar-refractivity contribution in [1.82, 2.24) is 24.9 Å². The fraction of sp³-hybridized carbons (Fsp3) is 0.600. The molecular formula is C25H41IN6O. The Balaban J connectivity index is 0.00000385. The van der Waals surface area contributed by atoms with Crippen LogP contribution in [0.3, 0.4) is 0 Å². The highest BCUT2D eigenvalue weighted by Crippen LogP contribution is 2.25. The molecule has 8 heteroatoms.